The lowest BCUT2D eigenvalue weighted by atomic mass is 9.77. The Morgan fingerprint density at radius 2 is 1.59 bits per heavy atom. The highest BCUT2D eigenvalue weighted by atomic mass is 16.5. The van der Waals surface area contributed by atoms with Crippen LogP contribution in [0.3, 0.4) is 0 Å². The SMILES string of the molecule is COC(=O)c1ccc(NC(=O)N2CCC(CC3CCC(C)CC3)CC2)cc1. The molecule has 0 bridgehead atoms. The van der Waals surface area contributed by atoms with E-state index in [1.165, 1.54) is 39.2 Å². The summed E-state index contributed by atoms with van der Waals surface area (Å²) in [7, 11) is 1.36. The second-order valence-electron chi connectivity index (χ2n) is 8.29. The molecule has 0 spiro atoms. The minimum absolute atomic E-state index is 0.0502. The zero-order valence-corrected chi connectivity index (χ0v) is 16.6. The average Bonchev–Trinajstić information content (AvgIpc) is 2.70. The van der Waals surface area contributed by atoms with Crippen LogP contribution in [0.15, 0.2) is 24.3 Å². The van der Waals surface area contributed by atoms with Crippen LogP contribution < -0.4 is 5.32 Å². The Bertz CT molecular complexity index is 627. The number of benzene rings is 1. The molecular weight excluding hydrogens is 340 g/mol. The molecule has 1 heterocycles. The number of amides is 2. The first-order valence-corrected chi connectivity index (χ1v) is 10.3. The number of ether oxygens (including phenoxy) is 1. The molecule has 1 aromatic carbocycles. The van der Waals surface area contributed by atoms with E-state index in [0.29, 0.717) is 11.3 Å². The maximum absolute atomic E-state index is 12.5. The smallest absolute Gasteiger partial charge is 0.337 e. The minimum Gasteiger partial charge on any atom is -0.465 e. The number of hydrogen-bond donors (Lipinski definition) is 1. The highest BCUT2D eigenvalue weighted by Crippen LogP contribution is 2.35. The van der Waals surface area contributed by atoms with Crippen LogP contribution in [0, 0.1) is 17.8 Å². The molecule has 5 heteroatoms. The third-order valence-corrected chi connectivity index (χ3v) is 6.26. The van der Waals surface area contributed by atoms with Crippen LogP contribution in [0.2, 0.25) is 0 Å². The van der Waals surface area contributed by atoms with Crippen molar-refractivity contribution in [2.75, 3.05) is 25.5 Å². The summed E-state index contributed by atoms with van der Waals surface area (Å²) < 4.78 is 4.69. The lowest BCUT2D eigenvalue weighted by Gasteiger charge is -2.35. The molecular formula is C22H32N2O3. The van der Waals surface area contributed by atoms with E-state index in [9.17, 15) is 9.59 Å². The molecule has 1 aliphatic carbocycles. The van der Waals surface area contributed by atoms with Crippen molar-refractivity contribution in [1.82, 2.24) is 4.90 Å². The van der Waals surface area contributed by atoms with Crippen molar-refractivity contribution in [3.05, 3.63) is 29.8 Å². The van der Waals surface area contributed by atoms with Gasteiger partial charge in [-0.2, -0.15) is 0 Å². The van der Waals surface area contributed by atoms with E-state index >= 15 is 0 Å². The second kappa shape index (κ2) is 9.25. The molecule has 1 aliphatic heterocycles. The molecule has 0 radical (unpaired) electrons. The fourth-order valence-corrected chi connectivity index (χ4v) is 4.42. The first kappa shape index (κ1) is 19.7. The van der Waals surface area contributed by atoms with Crippen LogP contribution in [-0.4, -0.2) is 37.1 Å². The monoisotopic (exact) mass is 372 g/mol. The summed E-state index contributed by atoms with van der Waals surface area (Å²) in [6, 6.07) is 6.75. The van der Waals surface area contributed by atoms with Gasteiger partial charge in [0.15, 0.2) is 0 Å². The van der Waals surface area contributed by atoms with E-state index in [1.54, 1.807) is 24.3 Å². The van der Waals surface area contributed by atoms with Crippen molar-refractivity contribution < 1.29 is 14.3 Å². The fraction of sp³-hybridized carbons (Fsp3) is 0.636. The van der Waals surface area contributed by atoms with Crippen LogP contribution in [0.4, 0.5) is 10.5 Å². The molecule has 0 unspecified atom stereocenters. The maximum Gasteiger partial charge on any atom is 0.337 e. The Morgan fingerprint density at radius 1 is 1.00 bits per heavy atom. The number of rotatable bonds is 4. The number of carbonyl (C=O) groups excluding carboxylic acids is 2. The van der Waals surface area contributed by atoms with Crippen LogP contribution >= 0.6 is 0 Å². The number of methoxy groups -OCH3 is 1. The number of likely N-dealkylation sites (tertiary alicyclic amines) is 1. The van der Waals surface area contributed by atoms with E-state index in [4.69, 9.17) is 0 Å². The molecule has 1 N–H and O–H groups in total. The second-order valence-corrected chi connectivity index (χ2v) is 8.29. The Morgan fingerprint density at radius 3 is 2.19 bits per heavy atom. The van der Waals surface area contributed by atoms with Gasteiger partial charge in [-0.1, -0.05) is 32.6 Å². The first-order valence-electron chi connectivity index (χ1n) is 10.3. The van der Waals surface area contributed by atoms with Crippen LogP contribution in [0.5, 0.6) is 0 Å². The summed E-state index contributed by atoms with van der Waals surface area (Å²) in [6.45, 7) is 4.04. The molecule has 2 aliphatic rings. The molecule has 0 aromatic heterocycles. The quantitative estimate of drug-likeness (QED) is 0.762. The molecule has 148 valence electrons. The first-order chi connectivity index (χ1) is 13.0. The highest BCUT2D eigenvalue weighted by molar-refractivity contribution is 5.92. The van der Waals surface area contributed by atoms with Crippen molar-refractivity contribution in [1.29, 1.82) is 0 Å². The number of hydrogen-bond acceptors (Lipinski definition) is 3. The molecule has 1 saturated heterocycles. The zero-order chi connectivity index (χ0) is 19.2. The van der Waals surface area contributed by atoms with Crippen LogP contribution in [-0.2, 0) is 4.74 Å². The fourth-order valence-electron chi connectivity index (χ4n) is 4.42. The molecule has 0 atom stereocenters. The summed E-state index contributed by atoms with van der Waals surface area (Å²) in [5.41, 5.74) is 1.18. The largest absolute Gasteiger partial charge is 0.465 e. The third-order valence-electron chi connectivity index (χ3n) is 6.26. The van der Waals surface area contributed by atoms with E-state index in [0.717, 1.165) is 43.7 Å². The van der Waals surface area contributed by atoms with Gasteiger partial charge in [-0.15, -0.1) is 0 Å². The van der Waals surface area contributed by atoms with Gasteiger partial charge in [0, 0.05) is 18.8 Å². The van der Waals surface area contributed by atoms with E-state index in [1.807, 2.05) is 4.90 Å². The Balaban J connectivity index is 1.42. The molecule has 2 fully saturated rings. The van der Waals surface area contributed by atoms with E-state index in [2.05, 4.69) is 17.0 Å². The number of nitrogens with one attached hydrogen (secondary N) is 1. The highest BCUT2D eigenvalue weighted by Gasteiger charge is 2.26. The standard InChI is InChI=1S/C22H32N2O3/c1-16-3-5-17(6-4-16)15-18-11-13-24(14-12-18)22(26)23-20-9-7-19(8-10-20)21(25)27-2/h7-10,16-18H,3-6,11-15H2,1-2H3,(H,23,26). The summed E-state index contributed by atoms with van der Waals surface area (Å²) >= 11 is 0. The minimum atomic E-state index is -0.373. The molecule has 2 amide bonds. The lowest BCUT2D eigenvalue weighted by molar-refractivity contribution is 0.0600. The van der Waals surface area contributed by atoms with Crippen molar-refractivity contribution in [3.8, 4) is 0 Å². The number of carbonyl (C=O) groups is 2. The molecule has 27 heavy (non-hydrogen) atoms. The Kier molecular flexibility index (Phi) is 6.75. The van der Waals surface area contributed by atoms with Gasteiger partial charge in [-0.25, -0.2) is 9.59 Å². The lowest BCUT2D eigenvalue weighted by Crippen LogP contribution is -2.41. The molecule has 1 aromatic rings. The molecule has 1 saturated carbocycles. The van der Waals surface area contributed by atoms with E-state index < -0.39 is 0 Å². The predicted molar refractivity (Wildman–Crippen MR) is 107 cm³/mol. The van der Waals surface area contributed by atoms with Gasteiger partial charge in [0.05, 0.1) is 12.7 Å². The summed E-state index contributed by atoms with van der Waals surface area (Å²) in [6.07, 6.45) is 9.13. The van der Waals surface area contributed by atoms with Crippen molar-refractivity contribution in [2.45, 2.75) is 51.9 Å². The molecule has 3 rings (SSSR count). The van der Waals surface area contributed by atoms with Gasteiger partial charge in [-0.05, 0) is 61.3 Å². The Labute approximate surface area is 162 Å². The van der Waals surface area contributed by atoms with E-state index in [-0.39, 0.29) is 12.0 Å². The van der Waals surface area contributed by atoms with Crippen LogP contribution in [0.25, 0.3) is 0 Å². The van der Waals surface area contributed by atoms with Gasteiger partial charge in [0.2, 0.25) is 0 Å². The van der Waals surface area contributed by atoms with Crippen molar-refractivity contribution in [2.24, 2.45) is 17.8 Å². The van der Waals surface area contributed by atoms with Gasteiger partial charge in [0.1, 0.15) is 0 Å². The van der Waals surface area contributed by atoms with Gasteiger partial charge >= 0.3 is 12.0 Å². The van der Waals surface area contributed by atoms with Crippen molar-refractivity contribution in [3.63, 3.8) is 0 Å². The number of nitrogens with zero attached hydrogens (tertiary/aromatic N) is 1. The normalized spacial score (nSPS) is 23.7. The average molecular weight is 373 g/mol. The summed E-state index contributed by atoms with van der Waals surface area (Å²) in [5.74, 6) is 2.21. The number of piperidine rings is 1. The number of anilines is 1. The summed E-state index contributed by atoms with van der Waals surface area (Å²) in [5, 5.41) is 2.93. The number of esters is 1. The third kappa shape index (κ3) is 5.47. The maximum atomic E-state index is 12.5. The zero-order valence-electron chi connectivity index (χ0n) is 16.6. The van der Waals surface area contributed by atoms with Gasteiger partial charge in [-0.3, -0.25) is 0 Å². The van der Waals surface area contributed by atoms with Crippen molar-refractivity contribution >= 4 is 17.7 Å². The van der Waals surface area contributed by atoms with Gasteiger partial charge in [0.25, 0.3) is 0 Å². The predicted octanol–water partition coefficient (Wildman–Crippen LogP) is 4.93. The topological polar surface area (TPSA) is 58.6 Å². The molecule has 5 nitrogen and oxygen atoms in total. The van der Waals surface area contributed by atoms with Gasteiger partial charge < -0.3 is 15.0 Å². The summed E-state index contributed by atoms with van der Waals surface area (Å²) in [4.78, 5) is 25.9. The Hall–Kier alpha value is -2.04. The number of urea groups is 1. The van der Waals surface area contributed by atoms with Crippen LogP contribution in [0.1, 0.15) is 62.2 Å².